The van der Waals surface area contributed by atoms with Gasteiger partial charge >= 0.3 is 0 Å². The van der Waals surface area contributed by atoms with Gasteiger partial charge in [0.05, 0.1) is 26.0 Å². The molecule has 1 fully saturated rings. The van der Waals surface area contributed by atoms with E-state index in [9.17, 15) is 41.2 Å². The van der Waals surface area contributed by atoms with Gasteiger partial charge in [-0.1, -0.05) is 6.07 Å². The van der Waals surface area contributed by atoms with Crippen molar-refractivity contribution in [2.75, 3.05) is 30.9 Å². The number of carbonyl (C=O) groups excluding carboxylic acids is 1. The minimum Gasteiger partial charge on any atom is -0.507 e. The van der Waals surface area contributed by atoms with Gasteiger partial charge in [-0.25, -0.2) is 21.2 Å². The van der Waals surface area contributed by atoms with Crippen LogP contribution in [0.25, 0.3) is 0 Å². The maximum Gasteiger partial charge on any atom is 0.270 e. The largest absolute Gasteiger partial charge is 0.507 e. The molecule has 0 saturated carbocycles. The minimum atomic E-state index is -4.23. The topological polar surface area (TPSA) is 167 Å². The number of phenols is 1. The number of non-ortho nitro benzene ring substituents is 1. The summed E-state index contributed by atoms with van der Waals surface area (Å²) in [5, 5.41) is 21.4. The molecule has 0 unspecified atom stereocenters. The fraction of sp³-hybridized carbons (Fsp3) is 0.208. The van der Waals surface area contributed by atoms with Crippen LogP contribution in [0.5, 0.6) is 5.75 Å². The van der Waals surface area contributed by atoms with E-state index in [0.717, 1.165) is 30.3 Å². The standard InChI is InChI=1S/C24H23FN4O8S2/c25-17-5-8-20(9-6-17)39(36,37)28-12-2-11-27(13-14-28)24(31)22-10-7-18(15-23(22)30)26-38(34,35)21-4-1-3-19(16-21)29(32)33/h1,3-10,15-16,26,30H,2,11-14H2. The van der Waals surface area contributed by atoms with Gasteiger partial charge in [0.25, 0.3) is 21.6 Å². The second-order valence-electron chi connectivity index (χ2n) is 8.60. The Morgan fingerprint density at radius 1 is 0.923 bits per heavy atom. The molecule has 4 rings (SSSR count). The van der Waals surface area contributed by atoms with Crippen LogP contribution in [0.1, 0.15) is 16.8 Å². The number of nitro benzene ring substituents is 1. The van der Waals surface area contributed by atoms with Crippen LogP contribution in [0.15, 0.2) is 76.5 Å². The highest BCUT2D eigenvalue weighted by atomic mass is 32.2. The third-order valence-corrected chi connectivity index (χ3v) is 9.30. The van der Waals surface area contributed by atoms with Gasteiger partial charge in [-0.3, -0.25) is 19.6 Å². The molecule has 3 aromatic rings. The zero-order valence-corrected chi connectivity index (χ0v) is 21.9. The maximum absolute atomic E-state index is 13.2. The number of nitrogens with zero attached hydrogens (tertiary/aromatic N) is 3. The van der Waals surface area contributed by atoms with Crippen LogP contribution in [0.4, 0.5) is 15.8 Å². The number of hydrogen-bond acceptors (Lipinski definition) is 8. The van der Waals surface area contributed by atoms with Gasteiger partial charge in [0.1, 0.15) is 11.6 Å². The minimum absolute atomic E-state index is 0.0205. The Bertz CT molecular complexity index is 1630. The summed E-state index contributed by atoms with van der Waals surface area (Å²) in [5.41, 5.74) is -0.616. The predicted molar refractivity (Wildman–Crippen MR) is 138 cm³/mol. The first-order chi connectivity index (χ1) is 18.4. The fourth-order valence-corrected chi connectivity index (χ4v) is 6.58. The predicted octanol–water partition coefficient (Wildman–Crippen LogP) is 2.78. The number of anilines is 1. The van der Waals surface area contributed by atoms with Gasteiger partial charge in [0, 0.05) is 44.4 Å². The molecule has 0 radical (unpaired) electrons. The Kier molecular flexibility index (Phi) is 7.85. The summed E-state index contributed by atoms with van der Waals surface area (Å²) in [6.07, 6.45) is 0.314. The number of hydrogen-bond donors (Lipinski definition) is 2. The van der Waals surface area contributed by atoms with Crippen molar-refractivity contribution in [3.05, 3.63) is 88.2 Å². The van der Waals surface area contributed by atoms with Crippen molar-refractivity contribution in [3.8, 4) is 5.75 Å². The highest BCUT2D eigenvalue weighted by Gasteiger charge is 2.29. The molecule has 1 aliphatic heterocycles. The number of nitro groups is 1. The van der Waals surface area contributed by atoms with Gasteiger partial charge in [0.2, 0.25) is 10.0 Å². The van der Waals surface area contributed by atoms with E-state index >= 15 is 0 Å². The molecular formula is C24H23FN4O8S2. The van der Waals surface area contributed by atoms with E-state index in [-0.39, 0.29) is 47.2 Å². The average molecular weight is 579 g/mol. The van der Waals surface area contributed by atoms with Crippen molar-refractivity contribution in [2.45, 2.75) is 16.2 Å². The lowest BCUT2D eigenvalue weighted by Crippen LogP contribution is -2.37. The van der Waals surface area contributed by atoms with E-state index in [1.165, 1.54) is 45.6 Å². The van der Waals surface area contributed by atoms with Crippen molar-refractivity contribution >= 4 is 37.3 Å². The second-order valence-corrected chi connectivity index (χ2v) is 12.2. The summed E-state index contributed by atoms with van der Waals surface area (Å²) in [5.74, 6) is -1.66. The average Bonchev–Trinajstić information content (AvgIpc) is 3.16. The first-order valence-electron chi connectivity index (χ1n) is 11.5. The molecule has 2 N–H and O–H groups in total. The molecule has 0 spiro atoms. The van der Waals surface area contributed by atoms with Crippen molar-refractivity contribution in [2.24, 2.45) is 0 Å². The lowest BCUT2D eigenvalue weighted by molar-refractivity contribution is -0.385. The molecule has 1 amide bonds. The van der Waals surface area contributed by atoms with E-state index < -0.39 is 48.1 Å². The van der Waals surface area contributed by atoms with E-state index in [4.69, 9.17) is 0 Å². The number of carbonyl (C=O) groups is 1. The number of aromatic hydroxyl groups is 1. The Balaban J connectivity index is 1.46. The molecule has 0 aliphatic carbocycles. The molecule has 1 saturated heterocycles. The van der Waals surface area contributed by atoms with Crippen LogP contribution in [-0.2, 0) is 20.0 Å². The van der Waals surface area contributed by atoms with Crippen molar-refractivity contribution < 1.29 is 36.1 Å². The zero-order valence-electron chi connectivity index (χ0n) is 20.2. The van der Waals surface area contributed by atoms with E-state index in [2.05, 4.69) is 4.72 Å². The molecule has 15 heteroatoms. The Morgan fingerprint density at radius 2 is 1.64 bits per heavy atom. The summed E-state index contributed by atoms with van der Waals surface area (Å²) in [6, 6.07) is 12.4. The molecule has 1 heterocycles. The molecule has 0 bridgehead atoms. The lowest BCUT2D eigenvalue weighted by Gasteiger charge is -2.22. The zero-order chi connectivity index (χ0) is 28.4. The SMILES string of the molecule is O=C(c1ccc(NS(=O)(=O)c2cccc([N+](=O)[O-])c2)cc1O)N1CCCN(S(=O)(=O)c2ccc(F)cc2)CC1. The van der Waals surface area contributed by atoms with E-state index in [1.807, 2.05) is 0 Å². The van der Waals surface area contributed by atoms with Gasteiger partial charge in [-0.05, 0) is 48.9 Å². The summed E-state index contributed by atoms with van der Waals surface area (Å²) in [6.45, 7) is 0.343. The number of amides is 1. The maximum atomic E-state index is 13.2. The van der Waals surface area contributed by atoms with Crippen molar-refractivity contribution in [3.63, 3.8) is 0 Å². The monoisotopic (exact) mass is 578 g/mol. The van der Waals surface area contributed by atoms with Crippen LogP contribution in [0, 0.1) is 15.9 Å². The summed E-state index contributed by atoms with van der Waals surface area (Å²) >= 11 is 0. The summed E-state index contributed by atoms with van der Waals surface area (Å²) in [7, 11) is -8.13. The van der Waals surface area contributed by atoms with Gasteiger partial charge in [-0.15, -0.1) is 0 Å². The van der Waals surface area contributed by atoms with Crippen LogP contribution in [-0.4, -0.2) is 68.2 Å². The van der Waals surface area contributed by atoms with Crippen LogP contribution >= 0.6 is 0 Å². The summed E-state index contributed by atoms with van der Waals surface area (Å²) in [4.78, 5) is 24.3. The number of phenolic OH excluding ortho intramolecular Hbond substituents is 1. The Morgan fingerprint density at radius 3 is 2.31 bits per heavy atom. The number of rotatable bonds is 7. The van der Waals surface area contributed by atoms with Crippen LogP contribution in [0.2, 0.25) is 0 Å². The molecule has 0 atom stereocenters. The third kappa shape index (κ3) is 6.16. The second kappa shape index (κ2) is 11.0. The number of benzene rings is 3. The highest BCUT2D eigenvalue weighted by molar-refractivity contribution is 7.92. The van der Waals surface area contributed by atoms with E-state index in [1.54, 1.807) is 0 Å². The highest BCUT2D eigenvalue weighted by Crippen LogP contribution is 2.27. The normalized spacial score (nSPS) is 14.9. The number of nitrogens with one attached hydrogen (secondary N) is 1. The first kappa shape index (κ1) is 27.9. The smallest absolute Gasteiger partial charge is 0.270 e. The Labute approximate surface area is 223 Å². The molecule has 1 aliphatic rings. The number of sulfonamides is 2. The summed E-state index contributed by atoms with van der Waals surface area (Å²) < 4.78 is 67.8. The lowest BCUT2D eigenvalue weighted by atomic mass is 10.1. The van der Waals surface area contributed by atoms with E-state index in [0.29, 0.717) is 6.42 Å². The van der Waals surface area contributed by atoms with Crippen molar-refractivity contribution in [1.29, 1.82) is 0 Å². The van der Waals surface area contributed by atoms with Gasteiger partial charge in [-0.2, -0.15) is 4.31 Å². The molecular weight excluding hydrogens is 555 g/mol. The fourth-order valence-electron chi connectivity index (χ4n) is 4.02. The quantitative estimate of drug-likeness (QED) is 0.319. The number of halogens is 1. The molecule has 12 nitrogen and oxygen atoms in total. The van der Waals surface area contributed by atoms with Crippen LogP contribution in [0.3, 0.4) is 0 Å². The van der Waals surface area contributed by atoms with Crippen LogP contribution < -0.4 is 4.72 Å². The molecule has 3 aromatic carbocycles. The van der Waals surface area contributed by atoms with Gasteiger partial charge < -0.3 is 10.0 Å². The third-order valence-electron chi connectivity index (χ3n) is 6.01. The first-order valence-corrected chi connectivity index (χ1v) is 14.5. The van der Waals surface area contributed by atoms with Crippen molar-refractivity contribution in [1.82, 2.24) is 9.21 Å². The molecule has 39 heavy (non-hydrogen) atoms. The molecule has 0 aromatic heterocycles. The molecule has 206 valence electrons. The Hall–Kier alpha value is -4.08. The van der Waals surface area contributed by atoms with Gasteiger partial charge in [0.15, 0.2) is 0 Å².